The van der Waals surface area contributed by atoms with E-state index in [-0.39, 0.29) is 34.8 Å². The number of rotatable bonds is 8. The Hall–Kier alpha value is -4.27. The predicted molar refractivity (Wildman–Crippen MR) is 172 cm³/mol. The van der Waals surface area contributed by atoms with Crippen molar-refractivity contribution in [3.05, 3.63) is 70.8 Å². The van der Waals surface area contributed by atoms with Crippen LogP contribution in [0.3, 0.4) is 0 Å². The van der Waals surface area contributed by atoms with Gasteiger partial charge in [-0.15, -0.1) is 0 Å². The quantitative estimate of drug-likeness (QED) is 0.264. The molecule has 2 aliphatic rings. The Morgan fingerprint density at radius 3 is 1.31 bits per heavy atom. The van der Waals surface area contributed by atoms with Crippen LogP contribution in [0.15, 0.2) is 58.3 Å². The van der Waals surface area contributed by atoms with E-state index in [0.717, 1.165) is 36.4 Å². The smallest absolute Gasteiger partial charge is 0.359 e. The van der Waals surface area contributed by atoms with Gasteiger partial charge in [0.15, 0.2) is 0 Å². The SMILES string of the molecule is CNC(=O)C1CCN(C(=O)/C=C/c2ccc(Sc3ccc(/C=C/C(=O)N4CCC(C(=O)NC)CC4)cc3C(F)(F)F)c(C(F)(F)F)c2)CC1. The van der Waals surface area contributed by atoms with Gasteiger partial charge in [-0.25, -0.2) is 0 Å². The zero-order valence-corrected chi connectivity index (χ0v) is 27.6. The van der Waals surface area contributed by atoms with Crippen LogP contribution in [0.25, 0.3) is 12.2 Å². The molecule has 2 aliphatic heterocycles. The largest absolute Gasteiger partial charge is 0.417 e. The van der Waals surface area contributed by atoms with Crippen molar-refractivity contribution in [2.75, 3.05) is 40.3 Å². The first-order chi connectivity index (χ1) is 23.1. The second kappa shape index (κ2) is 16.0. The summed E-state index contributed by atoms with van der Waals surface area (Å²) in [5.41, 5.74) is -2.27. The van der Waals surface area contributed by atoms with Crippen molar-refractivity contribution in [3.63, 3.8) is 0 Å². The number of benzene rings is 2. The average Bonchev–Trinajstić information content (AvgIpc) is 3.08. The molecule has 0 bridgehead atoms. The molecule has 0 aliphatic carbocycles. The Labute approximate surface area is 284 Å². The van der Waals surface area contributed by atoms with E-state index in [1.54, 1.807) is 0 Å². The highest BCUT2D eigenvalue weighted by molar-refractivity contribution is 7.99. The fourth-order valence-corrected chi connectivity index (χ4v) is 6.80. The van der Waals surface area contributed by atoms with Gasteiger partial charge in [0.1, 0.15) is 0 Å². The summed E-state index contributed by atoms with van der Waals surface area (Å²) >= 11 is 0.311. The molecular formula is C34H36F6N4O4S. The Kier molecular flexibility index (Phi) is 12.2. The molecule has 0 aromatic heterocycles. The van der Waals surface area contributed by atoms with Crippen molar-refractivity contribution in [3.8, 4) is 0 Å². The number of hydrogen-bond acceptors (Lipinski definition) is 5. The van der Waals surface area contributed by atoms with Gasteiger partial charge in [-0.2, -0.15) is 26.3 Å². The van der Waals surface area contributed by atoms with Gasteiger partial charge in [0.2, 0.25) is 23.6 Å². The van der Waals surface area contributed by atoms with Crippen molar-refractivity contribution in [1.82, 2.24) is 20.4 Å². The fraction of sp³-hybridized carbons (Fsp3) is 0.412. The number of carbonyl (C=O) groups excluding carboxylic acids is 4. The highest BCUT2D eigenvalue weighted by Crippen LogP contribution is 2.44. The molecule has 49 heavy (non-hydrogen) atoms. The lowest BCUT2D eigenvalue weighted by molar-refractivity contribution is -0.140. The van der Waals surface area contributed by atoms with Crippen LogP contribution >= 0.6 is 11.8 Å². The number of nitrogens with one attached hydrogen (secondary N) is 2. The number of alkyl halides is 6. The summed E-state index contributed by atoms with van der Waals surface area (Å²) in [6.45, 7) is 1.26. The molecule has 0 spiro atoms. The van der Waals surface area contributed by atoms with E-state index in [4.69, 9.17) is 0 Å². The Morgan fingerprint density at radius 1 is 0.653 bits per heavy atom. The number of halogens is 6. The lowest BCUT2D eigenvalue weighted by Gasteiger charge is -2.30. The fourth-order valence-electron chi connectivity index (χ4n) is 5.72. The molecule has 2 fully saturated rings. The van der Waals surface area contributed by atoms with E-state index < -0.39 is 45.1 Å². The van der Waals surface area contributed by atoms with Crippen LogP contribution in [0.4, 0.5) is 26.3 Å². The van der Waals surface area contributed by atoms with Gasteiger partial charge < -0.3 is 20.4 Å². The van der Waals surface area contributed by atoms with Gasteiger partial charge >= 0.3 is 12.4 Å². The molecule has 2 heterocycles. The molecular weight excluding hydrogens is 674 g/mol. The Morgan fingerprint density at radius 2 is 1.00 bits per heavy atom. The van der Waals surface area contributed by atoms with Crippen LogP contribution in [0.2, 0.25) is 0 Å². The van der Waals surface area contributed by atoms with E-state index in [0.29, 0.717) is 63.6 Å². The van der Waals surface area contributed by atoms with Crippen molar-refractivity contribution in [1.29, 1.82) is 0 Å². The maximum Gasteiger partial charge on any atom is 0.417 e. The van der Waals surface area contributed by atoms with Crippen LogP contribution in [0.5, 0.6) is 0 Å². The lowest BCUT2D eigenvalue weighted by Crippen LogP contribution is -2.41. The van der Waals surface area contributed by atoms with Crippen LogP contribution in [-0.2, 0) is 31.5 Å². The summed E-state index contributed by atoms with van der Waals surface area (Å²) in [5.74, 6) is -1.53. The van der Waals surface area contributed by atoms with E-state index in [1.165, 1.54) is 48.2 Å². The van der Waals surface area contributed by atoms with Gasteiger partial charge in [-0.1, -0.05) is 23.9 Å². The number of nitrogens with zero attached hydrogens (tertiary/aromatic N) is 2. The zero-order chi connectivity index (χ0) is 35.9. The first-order valence-corrected chi connectivity index (χ1v) is 16.4. The molecule has 2 saturated heterocycles. The standard InChI is InChI=1S/C34H36F6N4O4S/c1-41-31(47)23-11-15-43(16-12-23)29(45)9-5-21-3-7-27(25(19-21)33(35,36)37)49-28-8-4-22(20-26(28)34(38,39)40)6-10-30(46)44-17-13-24(14-18-44)32(48)42-2/h3-10,19-20,23-24H,11-18H2,1-2H3,(H,41,47)(H,42,48)/b9-5+,10-6+. The Balaban J connectivity index is 1.48. The highest BCUT2D eigenvalue weighted by Gasteiger charge is 2.37. The van der Waals surface area contributed by atoms with Crippen LogP contribution < -0.4 is 10.6 Å². The Bertz CT molecular complexity index is 1490. The summed E-state index contributed by atoms with van der Waals surface area (Å²) in [7, 11) is 3.06. The molecule has 15 heteroatoms. The molecule has 2 aromatic carbocycles. The van der Waals surface area contributed by atoms with Gasteiger partial charge in [-0.3, -0.25) is 19.2 Å². The van der Waals surface area contributed by atoms with Gasteiger partial charge in [0.25, 0.3) is 0 Å². The maximum atomic E-state index is 14.1. The summed E-state index contributed by atoms with van der Waals surface area (Å²) in [4.78, 5) is 51.0. The molecule has 2 N–H and O–H groups in total. The van der Waals surface area contributed by atoms with E-state index in [2.05, 4.69) is 10.6 Å². The van der Waals surface area contributed by atoms with Crippen LogP contribution in [-0.4, -0.2) is 73.7 Å². The topological polar surface area (TPSA) is 98.8 Å². The van der Waals surface area contributed by atoms with Crippen molar-refractivity contribution < 1.29 is 45.5 Å². The van der Waals surface area contributed by atoms with Gasteiger partial charge in [0, 0.05) is 74.1 Å². The number of hydrogen-bond donors (Lipinski definition) is 2. The van der Waals surface area contributed by atoms with Crippen LogP contribution in [0, 0.1) is 11.8 Å². The van der Waals surface area contributed by atoms with Crippen molar-refractivity contribution in [2.45, 2.75) is 47.8 Å². The molecule has 8 nitrogen and oxygen atoms in total. The predicted octanol–water partition coefficient (Wildman–Crippen LogP) is 5.87. The first kappa shape index (κ1) is 37.5. The van der Waals surface area contributed by atoms with Gasteiger partial charge in [0.05, 0.1) is 11.1 Å². The molecule has 0 radical (unpaired) electrons. The minimum Gasteiger partial charge on any atom is -0.359 e. The van der Waals surface area contributed by atoms with Crippen molar-refractivity contribution in [2.24, 2.45) is 11.8 Å². The monoisotopic (exact) mass is 710 g/mol. The van der Waals surface area contributed by atoms with Gasteiger partial charge in [-0.05, 0) is 73.2 Å². The molecule has 264 valence electrons. The molecule has 2 aromatic rings. The minimum absolute atomic E-state index is 0.0318. The maximum absolute atomic E-state index is 14.1. The summed E-state index contributed by atoms with van der Waals surface area (Å²) in [5, 5.41) is 5.14. The first-order valence-electron chi connectivity index (χ1n) is 15.6. The van der Waals surface area contributed by atoms with E-state index in [1.807, 2.05) is 0 Å². The number of carbonyl (C=O) groups is 4. The second-order valence-corrected chi connectivity index (χ2v) is 12.8. The molecule has 4 amide bonds. The second-order valence-electron chi connectivity index (χ2n) is 11.7. The number of piperidine rings is 2. The third-order valence-corrected chi connectivity index (χ3v) is 9.67. The summed E-state index contributed by atoms with van der Waals surface area (Å²) in [6.07, 6.45) is -3.30. The summed E-state index contributed by atoms with van der Waals surface area (Å²) in [6, 6.07) is 6.24. The highest BCUT2D eigenvalue weighted by atomic mass is 32.2. The molecule has 0 unspecified atom stereocenters. The average molecular weight is 711 g/mol. The summed E-state index contributed by atoms with van der Waals surface area (Å²) < 4.78 is 84.8. The minimum atomic E-state index is -4.91. The molecule has 4 rings (SSSR count). The molecule has 0 atom stereocenters. The van der Waals surface area contributed by atoms with Crippen LogP contribution in [0.1, 0.15) is 47.9 Å². The lowest BCUT2D eigenvalue weighted by atomic mass is 9.96. The number of likely N-dealkylation sites (tertiary alicyclic amines) is 2. The normalized spacial score (nSPS) is 16.7. The van der Waals surface area contributed by atoms with Crippen molar-refractivity contribution >= 4 is 47.5 Å². The van der Waals surface area contributed by atoms with E-state index >= 15 is 0 Å². The third-order valence-electron chi connectivity index (χ3n) is 8.52. The number of amides is 4. The zero-order valence-electron chi connectivity index (χ0n) is 26.8. The van der Waals surface area contributed by atoms with E-state index in [9.17, 15) is 45.5 Å². The third kappa shape index (κ3) is 9.89. The molecule has 0 saturated carbocycles.